The molecule has 0 fully saturated rings. The monoisotopic (exact) mass is 442 g/mol. The SMILES string of the molecule is C/C(=C\CC[C@]1(C)C=Cc2cc(O)cc(C)c2O1)CC/C=C(/CCCC(C)(C)O)C(=O)O. The summed E-state index contributed by atoms with van der Waals surface area (Å²) in [5.41, 5.74) is 2.31. The average Bonchev–Trinajstić information content (AvgIpc) is 2.66. The Kier molecular flexibility index (Phi) is 8.73. The van der Waals surface area contributed by atoms with Crippen molar-refractivity contribution in [1.82, 2.24) is 0 Å². The number of carboxylic acid groups (broad SMARTS) is 1. The highest BCUT2D eigenvalue weighted by molar-refractivity contribution is 5.86. The van der Waals surface area contributed by atoms with Crippen molar-refractivity contribution < 1.29 is 24.9 Å². The lowest BCUT2D eigenvalue weighted by Crippen LogP contribution is -2.32. The molecule has 0 aliphatic carbocycles. The molecule has 0 amide bonds. The summed E-state index contributed by atoms with van der Waals surface area (Å²) in [6, 6.07) is 3.43. The van der Waals surface area contributed by atoms with Gasteiger partial charge in [0.15, 0.2) is 0 Å². The molecule has 0 spiro atoms. The van der Waals surface area contributed by atoms with Gasteiger partial charge in [0, 0.05) is 11.1 Å². The number of fused-ring (bicyclic) bond motifs is 1. The Morgan fingerprint density at radius 2 is 1.91 bits per heavy atom. The van der Waals surface area contributed by atoms with Crippen LogP contribution in [0.1, 0.15) is 83.8 Å². The molecule has 0 saturated carbocycles. The largest absolute Gasteiger partial charge is 0.508 e. The number of aliphatic hydroxyl groups is 1. The van der Waals surface area contributed by atoms with Gasteiger partial charge in [0.25, 0.3) is 0 Å². The summed E-state index contributed by atoms with van der Waals surface area (Å²) in [4.78, 5) is 11.5. The van der Waals surface area contributed by atoms with E-state index in [1.54, 1.807) is 26.0 Å². The lowest BCUT2D eigenvalue weighted by Gasteiger charge is -2.32. The van der Waals surface area contributed by atoms with Crippen molar-refractivity contribution in [3.8, 4) is 11.5 Å². The zero-order valence-corrected chi connectivity index (χ0v) is 20.1. The number of hydrogen-bond donors (Lipinski definition) is 3. The fourth-order valence-electron chi connectivity index (χ4n) is 3.90. The molecular formula is C27H38O5. The number of ether oxygens (including phenoxy) is 1. The van der Waals surface area contributed by atoms with Gasteiger partial charge in [-0.3, -0.25) is 0 Å². The van der Waals surface area contributed by atoms with E-state index in [0.717, 1.165) is 36.1 Å². The molecule has 0 radical (unpaired) electrons. The van der Waals surface area contributed by atoms with Crippen LogP contribution in [-0.2, 0) is 4.79 Å². The number of phenols is 1. The Morgan fingerprint density at radius 1 is 1.19 bits per heavy atom. The number of aromatic hydroxyl groups is 1. The molecule has 1 heterocycles. The number of carbonyl (C=O) groups is 1. The molecule has 0 aromatic heterocycles. The highest BCUT2D eigenvalue weighted by Gasteiger charge is 2.28. The lowest BCUT2D eigenvalue weighted by atomic mass is 9.93. The Hall–Kier alpha value is -2.53. The van der Waals surface area contributed by atoms with Gasteiger partial charge in [-0.05, 0) is 103 Å². The number of aliphatic carboxylic acids is 1. The first-order valence-corrected chi connectivity index (χ1v) is 11.4. The highest BCUT2D eigenvalue weighted by Crippen LogP contribution is 2.38. The molecule has 0 unspecified atom stereocenters. The van der Waals surface area contributed by atoms with Crippen molar-refractivity contribution in [2.45, 2.75) is 90.8 Å². The predicted molar refractivity (Wildman–Crippen MR) is 129 cm³/mol. The summed E-state index contributed by atoms with van der Waals surface area (Å²) in [6.45, 7) is 9.56. The molecule has 5 heteroatoms. The van der Waals surface area contributed by atoms with Crippen LogP contribution in [0.5, 0.6) is 11.5 Å². The van der Waals surface area contributed by atoms with Crippen LogP contribution >= 0.6 is 0 Å². The topological polar surface area (TPSA) is 87.0 Å². The molecule has 176 valence electrons. The van der Waals surface area contributed by atoms with Gasteiger partial charge in [-0.2, -0.15) is 0 Å². The number of carboxylic acids is 1. The van der Waals surface area contributed by atoms with Crippen molar-refractivity contribution in [2.24, 2.45) is 0 Å². The lowest BCUT2D eigenvalue weighted by molar-refractivity contribution is -0.132. The molecule has 1 aromatic carbocycles. The third kappa shape index (κ3) is 8.19. The van der Waals surface area contributed by atoms with Crippen LogP contribution in [0, 0.1) is 6.92 Å². The van der Waals surface area contributed by atoms with Crippen LogP contribution in [0.25, 0.3) is 6.08 Å². The number of aryl methyl sites for hydroxylation is 1. The molecule has 32 heavy (non-hydrogen) atoms. The van der Waals surface area contributed by atoms with Crippen molar-refractivity contribution in [3.05, 3.63) is 52.6 Å². The van der Waals surface area contributed by atoms with Gasteiger partial charge in [0.05, 0.1) is 5.60 Å². The van der Waals surface area contributed by atoms with E-state index in [9.17, 15) is 20.1 Å². The minimum atomic E-state index is -0.875. The maximum atomic E-state index is 11.5. The van der Waals surface area contributed by atoms with Gasteiger partial charge in [0.2, 0.25) is 0 Å². The second-order valence-corrected chi connectivity index (χ2v) is 9.76. The number of benzene rings is 1. The second kappa shape index (κ2) is 10.9. The maximum absolute atomic E-state index is 11.5. The molecule has 5 nitrogen and oxygen atoms in total. The minimum absolute atomic E-state index is 0.244. The Morgan fingerprint density at radius 3 is 2.56 bits per heavy atom. The zero-order chi connectivity index (χ0) is 23.9. The summed E-state index contributed by atoms with van der Waals surface area (Å²) in [6.07, 6.45) is 13.0. The Balaban J connectivity index is 1.85. The van der Waals surface area contributed by atoms with Gasteiger partial charge in [-0.15, -0.1) is 0 Å². The van der Waals surface area contributed by atoms with Gasteiger partial charge < -0.3 is 20.1 Å². The number of rotatable bonds is 11. The highest BCUT2D eigenvalue weighted by atomic mass is 16.5. The summed E-state index contributed by atoms with van der Waals surface area (Å²) in [7, 11) is 0. The molecule has 1 aliphatic rings. The number of hydrogen-bond acceptors (Lipinski definition) is 4. The summed E-state index contributed by atoms with van der Waals surface area (Å²) >= 11 is 0. The smallest absolute Gasteiger partial charge is 0.331 e. The van der Waals surface area contributed by atoms with Gasteiger partial charge in [-0.25, -0.2) is 4.79 Å². The van der Waals surface area contributed by atoms with Crippen molar-refractivity contribution >= 4 is 12.0 Å². The van der Waals surface area contributed by atoms with Gasteiger partial charge in [-0.1, -0.05) is 23.8 Å². The fourth-order valence-corrected chi connectivity index (χ4v) is 3.90. The van der Waals surface area contributed by atoms with Crippen molar-refractivity contribution in [3.63, 3.8) is 0 Å². The molecule has 0 bridgehead atoms. The van der Waals surface area contributed by atoms with Crippen LogP contribution < -0.4 is 4.74 Å². The van der Waals surface area contributed by atoms with Crippen LogP contribution in [0.4, 0.5) is 0 Å². The van der Waals surface area contributed by atoms with Gasteiger partial charge in [0.1, 0.15) is 17.1 Å². The molecular weight excluding hydrogens is 404 g/mol. The number of phenolic OH excluding ortho intramolecular Hbond substituents is 1. The third-order valence-corrected chi connectivity index (χ3v) is 5.81. The molecule has 1 aliphatic heterocycles. The Labute approximate surface area is 192 Å². The van der Waals surface area contributed by atoms with E-state index >= 15 is 0 Å². The molecule has 1 atom stereocenters. The first-order chi connectivity index (χ1) is 14.9. The van der Waals surface area contributed by atoms with Crippen LogP contribution in [0.3, 0.4) is 0 Å². The third-order valence-electron chi connectivity index (χ3n) is 5.81. The van der Waals surface area contributed by atoms with E-state index in [-0.39, 0.29) is 5.75 Å². The van der Waals surface area contributed by atoms with E-state index in [1.807, 2.05) is 25.2 Å². The van der Waals surface area contributed by atoms with E-state index < -0.39 is 17.2 Å². The summed E-state index contributed by atoms with van der Waals surface area (Å²) in [5, 5.41) is 29.0. The van der Waals surface area contributed by atoms with Crippen LogP contribution in [0.15, 0.2) is 41.5 Å². The van der Waals surface area contributed by atoms with Crippen LogP contribution in [-0.4, -0.2) is 32.5 Å². The molecule has 3 N–H and O–H groups in total. The van der Waals surface area contributed by atoms with Crippen LogP contribution in [0.2, 0.25) is 0 Å². The first-order valence-electron chi connectivity index (χ1n) is 11.4. The maximum Gasteiger partial charge on any atom is 0.331 e. The normalized spacial score (nSPS) is 18.9. The second-order valence-electron chi connectivity index (χ2n) is 9.76. The van der Waals surface area contributed by atoms with E-state index in [4.69, 9.17) is 4.74 Å². The number of allylic oxidation sites excluding steroid dienone is 3. The molecule has 0 saturated heterocycles. The Bertz CT molecular complexity index is 901. The van der Waals surface area contributed by atoms with Gasteiger partial charge >= 0.3 is 5.97 Å². The quantitative estimate of drug-likeness (QED) is 0.276. The van der Waals surface area contributed by atoms with Crippen molar-refractivity contribution in [2.75, 3.05) is 0 Å². The summed E-state index contributed by atoms with van der Waals surface area (Å²) < 4.78 is 6.27. The van der Waals surface area contributed by atoms with Crippen molar-refractivity contribution in [1.29, 1.82) is 0 Å². The average molecular weight is 443 g/mol. The van der Waals surface area contributed by atoms with E-state index in [1.165, 1.54) is 5.57 Å². The van der Waals surface area contributed by atoms with E-state index in [0.29, 0.717) is 31.3 Å². The first kappa shape index (κ1) is 25.7. The molecule has 1 aromatic rings. The predicted octanol–water partition coefficient (Wildman–Crippen LogP) is 6.32. The molecule has 2 rings (SSSR count). The summed E-state index contributed by atoms with van der Waals surface area (Å²) in [5.74, 6) is 0.193. The standard InChI is InChI=1S/C27H38O5/c1-19(9-6-11-21(25(29)30)12-8-14-26(3,4)31)10-7-15-27(5)16-13-22-18-23(28)17-20(2)24(22)32-27/h10-11,13,16-18,28,31H,6-9,12,14-15H2,1-5H3,(H,29,30)/b19-10+,21-11-/t27-/m1/s1. The minimum Gasteiger partial charge on any atom is -0.508 e. The van der Waals surface area contributed by atoms with E-state index in [2.05, 4.69) is 19.9 Å². The fraction of sp³-hybridized carbons (Fsp3) is 0.519. The zero-order valence-electron chi connectivity index (χ0n) is 20.1.